The number of aromatic nitrogens is 2. The lowest BCUT2D eigenvalue weighted by atomic mass is 10.1. The molecule has 8 nitrogen and oxygen atoms in total. The third-order valence-corrected chi connectivity index (χ3v) is 7.25. The van der Waals surface area contributed by atoms with Crippen molar-refractivity contribution in [2.24, 2.45) is 4.99 Å². The van der Waals surface area contributed by atoms with Crippen LogP contribution in [0.5, 0.6) is 0 Å². The van der Waals surface area contributed by atoms with E-state index < -0.39 is 10.0 Å². The number of benzene rings is 1. The maximum atomic E-state index is 13.1. The Hall–Kier alpha value is -2.75. The normalized spacial score (nSPS) is 21.2. The van der Waals surface area contributed by atoms with Crippen LogP contribution in [0.3, 0.4) is 0 Å². The molecule has 1 aromatic carbocycles. The van der Waals surface area contributed by atoms with Gasteiger partial charge in [-0.1, -0.05) is 17.7 Å². The SMILES string of the molecule is Cc1ccc(S(=O)(=O)NC2=NCC(OC3CCCCO3)c3cc4c(C)ccnc4n32)cc1. The zero-order valence-corrected chi connectivity index (χ0v) is 18.9. The van der Waals surface area contributed by atoms with Crippen LogP contribution in [-0.4, -0.2) is 43.4 Å². The fourth-order valence-corrected chi connectivity index (χ4v) is 5.14. The van der Waals surface area contributed by atoms with E-state index in [1.807, 2.05) is 26.0 Å². The van der Waals surface area contributed by atoms with Crippen LogP contribution in [0.2, 0.25) is 0 Å². The lowest BCUT2D eigenvalue weighted by Crippen LogP contribution is -2.40. The molecule has 1 fully saturated rings. The summed E-state index contributed by atoms with van der Waals surface area (Å²) in [4.78, 5) is 9.27. The number of hydrogen-bond acceptors (Lipinski definition) is 6. The Bertz CT molecular complexity index is 1280. The number of hydrogen-bond donors (Lipinski definition) is 1. The Morgan fingerprint density at radius 2 is 1.97 bits per heavy atom. The van der Waals surface area contributed by atoms with Crippen LogP contribution < -0.4 is 4.72 Å². The molecule has 1 N–H and O–H groups in total. The molecule has 2 unspecified atom stereocenters. The van der Waals surface area contributed by atoms with Crippen molar-refractivity contribution < 1.29 is 17.9 Å². The van der Waals surface area contributed by atoms with Crippen molar-refractivity contribution in [2.75, 3.05) is 13.2 Å². The molecule has 0 radical (unpaired) electrons. The summed E-state index contributed by atoms with van der Waals surface area (Å²) in [6.07, 6.45) is 4.02. The van der Waals surface area contributed by atoms with Crippen molar-refractivity contribution in [3.05, 3.63) is 59.4 Å². The molecule has 0 amide bonds. The van der Waals surface area contributed by atoms with Gasteiger partial charge in [0.1, 0.15) is 11.8 Å². The molecule has 2 aliphatic heterocycles. The summed E-state index contributed by atoms with van der Waals surface area (Å²) in [6, 6.07) is 10.7. The van der Waals surface area contributed by atoms with Crippen molar-refractivity contribution in [3.8, 4) is 0 Å². The number of ether oxygens (including phenoxy) is 2. The van der Waals surface area contributed by atoms with Gasteiger partial charge in [-0.2, -0.15) is 0 Å². The molecule has 2 aliphatic rings. The van der Waals surface area contributed by atoms with Gasteiger partial charge in [0.25, 0.3) is 10.0 Å². The minimum Gasteiger partial charge on any atom is -0.353 e. The zero-order valence-electron chi connectivity index (χ0n) is 18.1. The van der Waals surface area contributed by atoms with Crippen molar-refractivity contribution in [1.82, 2.24) is 14.3 Å². The molecule has 4 heterocycles. The first-order valence-corrected chi connectivity index (χ1v) is 12.3. The van der Waals surface area contributed by atoms with Crippen LogP contribution in [0.25, 0.3) is 11.0 Å². The monoisotopic (exact) mass is 454 g/mol. The minimum atomic E-state index is -3.82. The van der Waals surface area contributed by atoms with E-state index in [0.29, 0.717) is 18.8 Å². The van der Waals surface area contributed by atoms with E-state index in [2.05, 4.69) is 14.7 Å². The highest BCUT2D eigenvalue weighted by Crippen LogP contribution is 2.32. The minimum absolute atomic E-state index is 0.182. The highest BCUT2D eigenvalue weighted by Gasteiger charge is 2.31. The fourth-order valence-electron chi connectivity index (χ4n) is 4.13. The lowest BCUT2D eigenvalue weighted by molar-refractivity contribution is -0.189. The molecule has 168 valence electrons. The third-order valence-electron chi connectivity index (χ3n) is 5.91. The molecule has 2 atom stereocenters. The standard InChI is InChI=1S/C23H26N4O4S/c1-15-6-8-17(9-7-15)32(28,29)26-23-25-14-20(31-21-5-3-4-12-30-21)19-13-18-16(2)10-11-24-22(18)27(19)23/h6-11,13,20-21H,3-5,12,14H2,1-2H3,(H,25,26). The molecule has 32 heavy (non-hydrogen) atoms. The molecular formula is C23H26N4O4S. The average Bonchev–Trinajstić information content (AvgIpc) is 3.18. The van der Waals surface area contributed by atoms with Crippen LogP contribution in [0.15, 0.2) is 52.5 Å². The predicted octanol–water partition coefficient (Wildman–Crippen LogP) is 3.43. The number of fused-ring (bicyclic) bond motifs is 3. The fraction of sp³-hybridized carbons (Fsp3) is 0.391. The second kappa shape index (κ2) is 8.31. The first kappa shape index (κ1) is 21.1. The van der Waals surface area contributed by atoms with Gasteiger partial charge in [0.05, 0.1) is 17.1 Å². The van der Waals surface area contributed by atoms with E-state index in [-0.39, 0.29) is 23.2 Å². The Morgan fingerprint density at radius 3 is 2.72 bits per heavy atom. The molecule has 9 heteroatoms. The first-order chi connectivity index (χ1) is 15.4. The van der Waals surface area contributed by atoms with Crippen molar-refractivity contribution in [1.29, 1.82) is 0 Å². The summed E-state index contributed by atoms with van der Waals surface area (Å²) in [5, 5.41) is 0.935. The summed E-state index contributed by atoms with van der Waals surface area (Å²) >= 11 is 0. The van der Waals surface area contributed by atoms with E-state index in [9.17, 15) is 8.42 Å². The van der Waals surface area contributed by atoms with Gasteiger partial charge in [0.2, 0.25) is 5.96 Å². The molecule has 2 aromatic heterocycles. The van der Waals surface area contributed by atoms with Gasteiger partial charge in [0.15, 0.2) is 6.29 Å². The predicted molar refractivity (Wildman–Crippen MR) is 121 cm³/mol. The number of aliphatic imine (C=N–C) groups is 1. The van der Waals surface area contributed by atoms with Crippen molar-refractivity contribution >= 4 is 27.0 Å². The number of nitrogens with one attached hydrogen (secondary N) is 1. The van der Waals surface area contributed by atoms with E-state index in [0.717, 1.165) is 41.5 Å². The summed E-state index contributed by atoms with van der Waals surface area (Å²) in [5.74, 6) is 0.220. The number of sulfonamides is 1. The van der Waals surface area contributed by atoms with Crippen LogP contribution in [-0.2, 0) is 19.5 Å². The highest BCUT2D eigenvalue weighted by molar-refractivity contribution is 7.90. The third kappa shape index (κ3) is 3.92. The van der Waals surface area contributed by atoms with Gasteiger partial charge in [-0.05, 0) is 62.9 Å². The number of rotatable bonds is 4. The van der Waals surface area contributed by atoms with Gasteiger partial charge < -0.3 is 9.47 Å². The Morgan fingerprint density at radius 1 is 1.16 bits per heavy atom. The Labute approximate surface area is 187 Å². The largest absolute Gasteiger partial charge is 0.353 e. The van der Waals surface area contributed by atoms with E-state index >= 15 is 0 Å². The second-order valence-electron chi connectivity index (χ2n) is 8.27. The maximum Gasteiger partial charge on any atom is 0.264 e. The first-order valence-electron chi connectivity index (χ1n) is 10.8. The molecule has 0 saturated carbocycles. The van der Waals surface area contributed by atoms with Crippen LogP contribution in [0.1, 0.15) is 42.2 Å². The average molecular weight is 455 g/mol. The molecular weight excluding hydrogens is 428 g/mol. The van der Waals surface area contributed by atoms with Crippen molar-refractivity contribution in [2.45, 2.75) is 50.4 Å². The van der Waals surface area contributed by atoms with E-state index in [1.165, 1.54) is 0 Å². The van der Waals surface area contributed by atoms with Gasteiger partial charge in [-0.3, -0.25) is 4.57 Å². The number of aryl methyl sites for hydroxylation is 2. The Kier molecular flexibility index (Phi) is 5.48. The van der Waals surface area contributed by atoms with E-state index in [4.69, 9.17) is 9.47 Å². The molecule has 3 aromatic rings. The van der Waals surface area contributed by atoms with Gasteiger partial charge in [-0.25, -0.2) is 23.1 Å². The summed E-state index contributed by atoms with van der Waals surface area (Å²) < 4.78 is 42.6. The van der Waals surface area contributed by atoms with E-state index in [1.54, 1.807) is 35.0 Å². The molecule has 0 bridgehead atoms. The van der Waals surface area contributed by atoms with Gasteiger partial charge in [0, 0.05) is 18.2 Å². The molecule has 0 spiro atoms. The number of nitrogens with zero attached hydrogens (tertiary/aromatic N) is 3. The lowest BCUT2D eigenvalue weighted by Gasteiger charge is -2.30. The summed E-state index contributed by atoms with van der Waals surface area (Å²) in [5.41, 5.74) is 3.49. The van der Waals surface area contributed by atoms with Gasteiger partial charge >= 0.3 is 0 Å². The van der Waals surface area contributed by atoms with Crippen LogP contribution in [0, 0.1) is 13.8 Å². The smallest absolute Gasteiger partial charge is 0.264 e. The quantitative estimate of drug-likeness (QED) is 0.652. The second-order valence-corrected chi connectivity index (χ2v) is 9.96. The highest BCUT2D eigenvalue weighted by atomic mass is 32.2. The summed E-state index contributed by atoms with van der Waals surface area (Å²) in [7, 11) is -3.82. The maximum absolute atomic E-state index is 13.1. The molecule has 1 saturated heterocycles. The number of pyridine rings is 1. The van der Waals surface area contributed by atoms with Crippen molar-refractivity contribution in [3.63, 3.8) is 0 Å². The summed E-state index contributed by atoms with van der Waals surface area (Å²) in [6.45, 7) is 4.90. The molecule has 5 rings (SSSR count). The topological polar surface area (TPSA) is 94.8 Å². The van der Waals surface area contributed by atoms with Crippen LogP contribution in [0.4, 0.5) is 0 Å². The Balaban J connectivity index is 1.53. The molecule has 0 aliphatic carbocycles. The zero-order chi connectivity index (χ0) is 22.3. The van der Waals surface area contributed by atoms with Gasteiger partial charge in [-0.15, -0.1) is 0 Å². The van der Waals surface area contributed by atoms with Crippen LogP contribution >= 0.6 is 0 Å².